The van der Waals surface area contributed by atoms with Crippen LogP contribution in [0.3, 0.4) is 0 Å². The Hall–Kier alpha value is -2.18. The van der Waals surface area contributed by atoms with Crippen molar-refractivity contribution in [1.29, 1.82) is 0 Å². The average molecular weight is 253 g/mol. The first kappa shape index (κ1) is 13.9. The number of nitrogens with one attached hydrogen (secondary N) is 2. The molecule has 3 N–H and O–H groups in total. The zero-order valence-corrected chi connectivity index (χ0v) is 10.2. The summed E-state index contributed by atoms with van der Waals surface area (Å²) in [7, 11) is 0. The number of amides is 1. The summed E-state index contributed by atoms with van der Waals surface area (Å²) in [5, 5.41) is 10.9. The molecule has 1 heterocycles. The Bertz CT molecular complexity index is 495. The maximum absolute atomic E-state index is 11.6. The van der Waals surface area contributed by atoms with Crippen molar-refractivity contribution in [3.8, 4) is 0 Å². The van der Waals surface area contributed by atoms with Crippen LogP contribution in [0.2, 0.25) is 0 Å². The van der Waals surface area contributed by atoms with Gasteiger partial charge in [-0.1, -0.05) is 0 Å². The summed E-state index contributed by atoms with van der Waals surface area (Å²) in [5.74, 6) is -1.26. The Balaban J connectivity index is 2.65. The minimum atomic E-state index is -0.964. The summed E-state index contributed by atoms with van der Waals surface area (Å²) in [6.45, 7) is 3.43. The lowest BCUT2D eigenvalue weighted by molar-refractivity contribution is -0.136. The number of hydrogen-bond donors (Lipinski definition) is 3. The number of aromatic amines is 1. The van der Waals surface area contributed by atoms with E-state index in [1.54, 1.807) is 13.8 Å². The number of aryl methyl sites for hydroxylation is 2. The quantitative estimate of drug-likeness (QED) is 0.656. The Labute approximate surface area is 103 Å². The fraction of sp³-hybridized carbons (Fsp3) is 0.455. The number of carboxylic acid groups (broad SMARTS) is 1. The highest BCUT2D eigenvalue weighted by atomic mass is 16.4. The monoisotopic (exact) mass is 253 g/mol. The van der Waals surface area contributed by atoms with Gasteiger partial charge in [-0.15, -0.1) is 0 Å². The summed E-state index contributed by atoms with van der Waals surface area (Å²) < 4.78 is 0. The molecular weight excluding hydrogens is 238 g/mol. The van der Waals surface area contributed by atoms with Gasteiger partial charge in [0.1, 0.15) is 0 Å². The van der Waals surface area contributed by atoms with Crippen LogP contribution in [-0.2, 0) is 16.0 Å². The minimum absolute atomic E-state index is 0.0705. The maximum atomic E-state index is 11.6. The Morgan fingerprint density at radius 1 is 1.39 bits per heavy atom. The number of carbonyl (C=O) groups is 2. The molecule has 0 radical (unpaired) electrons. The van der Waals surface area contributed by atoms with Gasteiger partial charge in [0.05, 0.1) is 12.8 Å². The minimum Gasteiger partial charge on any atom is -0.481 e. The molecule has 0 fully saturated rings. The summed E-state index contributed by atoms with van der Waals surface area (Å²) in [6.07, 6.45) is -0.0470. The zero-order valence-electron chi connectivity index (χ0n) is 10.2. The van der Waals surface area contributed by atoms with Gasteiger partial charge in [-0.3, -0.25) is 9.59 Å². The Morgan fingerprint density at radius 3 is 2.61 bits per heavy atom. The largest absolute Gasteiger partial charge is 0.481 e. The SMILES string of the molecule is Cc1nc(=O)[nH]c(C)c1CC(=O)NCCC(=O)O. The van der Waals surface area contributed by atoms with Crippen LogP contribution in [0.5, 0.6) is 0 Å². The van der Waals surface area contributed by atoms with E-state index in [0.29, 0.717) is 17.0 Å². The van der Waals surface area contributed by atoms with Crippen LogP contribution >= 0.6 is 0 Å². The molecule has 0 aliphatic heterocycles. The molecule has 0 aliphatic carbocycles. The van der Waals surface area contributed by atoms with E-state index in [1.807, 2.05) is 0 Å². The highest BCUT2D eigenvalue weighted by molar-refractivity contribution is 5.79. The van der Waals surface area contributed by atoms with E-state index in [2.05, 4.69) is 15.3 Å². The average Bonchev–Trinajstić information content (AvgIpc) is 2.22. The molecule has 0 spiro atoms. The predicted octanol–water partition coefficient (Wildman–Crippen LogP) is -0.480. The molecule has 98 valence electrons. The van der Waals surface area contributed by atoms with Crippen molar-refractivity contribution in [2.75, 3.05) is 6.54 Å². The summed E-state index contributed by atoms with van der Waals surface area (Å²) in [4.78, 5) is 39.1. The number of hydrogen-bond acceptors (Lipinski definition) is 4. The van der Waals surface area contributed by atoms with Crippen LogP contribution in [0, 0.1) is 13.8 Å². The van der Waals surface area contributed by atoms with Gasteiger partial charge >= 0.3 is 11.7 Å². The molecule has 18 heavy (non-hydrogen) atoms. The lowest BCUT2D eigenvalue weighted by Crippen LogP contribution is -2.29. The smallest absolute Gasteiger partial charge is 0.345 e. The third-order valence-corrected chi connectivity index (χ3v) is 2.45. The Kier molecular flexibility index (Phi) is 4.59. The number of carbonyl (C=O) groups excluding carboxylic acids is 1. The van der Waals surface area contributed by atoms with Gasteiger partial charge in [-0.2, -0.15) is 4.98 Å². The van der Waals surface area contributed by atoms with E-state index in [1.165, 1.54) is 0 Å². The van der Waals surface area contributed by atoms with E-state index in [9.17, 15) is 14.4 Å². The normalized spacial score (nSPS) is 10.1. The van der Waals surface area contributed by atoms with Crippen molar-refractivity contribution in [3.05, 3.63) is 27.4 Å². The van der Waals surface area contributed by atoms with Gasteiger partial charge in [-0.05, 0) is 13.8 Å². The molecule has 0 atom stereocenters. The second-order valence-corrected chi connectivity index (χ2v) is 3.90. The van der Waals surface area contributed by atoms with Gasteiger partial charge in [0.25, 0.3) is 0 Å². The number of H-pyrrole nitrogens is 1. The highest BCUT2D eigenvalue weighted by Gasteiger charge is 2.11. The molecule has 0 saturated heterocycles. The molecule has 0 bridgehead atoms. The van der Waals surface area contributed by atoms with Gasteiger partial charge < -0.3 is 15.4 Å². The summed E-state index contributed by atoms with van der Waals surface area (Å²) >= 11 is 0. The van der Waals surface area contributed by atoms with Crippen LogP contribution in [0.25, 0.3) is 0 Å². The standard InChI is InChI=1S/C11H15N3O4/c1-6-8(7(2)14-11(18)13-6)5-9(15)12-4-3-10(16)17/h3-5H2,1-2H3,(H,12,15)(H,16,17)(H,13,14,18). The maximum Gasteiger partial charge on any atom is 0.345 e. The number of aliphatic carboxylic acids is 1. The predicted molar refractivity (Wildman–Crippen MR) is 63.3 cm³/mol. The highest BCUT2D eigenvalue weighted by Crippen LogP contribution is 2.07. The first-order valence-electron chi connectivity index (χ1n) is 5.45. The van der Waals surface area contributed by atoms with Gasteiger partial charge in [0.15, 0.2) is 0 Å². The summed E-state index contributed by atoms with van der Waals surface area (Å²) in [6, 6.07) is 0. The van der Waals surface area contributed by atoms with Crippen LogP contribution in [-0.4, -0.2) is 33.5 Å². The van der Waals surface area contributed by atoms with E-state index >= 15 is 0 Å². The van der Waals surface area contributed by atoms with Crippen LogP contribution in [0.1, 0.15) is 23.4 Å². The second-order valence-electron chi connectivity index (χ2n) is 3.90. The van der Waals surface area contributed by atoms with Crippen LogP contribution in [0.4, 0.5) is 0 Å². The van der Waals surface area contributed by atoms with Crippen molar-refractivity contribution in [1.82, 2.24) is 15.3 Å². The molecule has 0 aliphatic rings. The molecule has 7 nitrogen and oxygen atoms in total. The molecule has 1 aromatic heterocycles. The molecule has 0 unspecified atom stereocenters. The lowest BCUT2D eigenvalue weighted by Gasteiger charge is -2.08. The van der Waals surface area contributed by atoms with Gasteiger partial charge in [0, 0.05) is 23.5 Å². The molecule has 7 heteroatoms. The first-order chi connectivity index (χ1) is 8.40. The van der Waals surface area contributed by atoms with Crippen molar-refractivity contribution in [2.24, 2.45) is 0 Å². The van der Waals surface area contributed by atoms with E-state index in [-0.39, 0.29) is 25.3 Å². The molecular formula is C11H15N3O4. The van der Waals surface area contributed by atoms with Gasteiger partial charge in [0.2, 0.25) is 5.91 Å². The zero-order chi connectivity index (χ0) is 13.7. The summed E-state index contributed by atoms with van der Waals surface area (Å²) in [5.41, 5.74) is 1.31. The lowest BCUT2D eigenvalue weighted by atomic mass is 10.1. The number of aromatic nitrogens is 2. The second kappa shape index (κ2) is 5.95. The molecule has 0 saturated carbocycles. The fourth-order valence-corrected chi connectivity index (χ4v) is 1.55. The van der Waals surface area contributed by atoms with Crippen LogP contribution < -0.4 is 11.0 Å². The third-order valence-electron chi connectivity index (χ3n) is 2.45. The van der Waals surface area contributed by atoms with E-state index in [0.717, 1.165) is 0 Å². The third kappa shape index (κ3) is 4.00. The van der Waals surface area contributed by atoms with E-state index in [4.69, 9.17) is 5.11 Å². The number of rotatable bonds is 5. The molecule has 0 aromatic carbocycles. The molecule has 1 aromatic rings. The van der Waals surface area contributed by atoms with Crippen LogP contribution in [0.15, 0.2) is 4.79 Å². The van der Waals surface area contributed by atoms with E-state index < -0.39 is 11.7 Å². The number of carboxylic acids is 1. The van der Waals surface area contributed by atoms with Crippen molar-refractivity contribution >= 4 is 11.9 Å². The topological polar surface area (TPSA) is 112 Å². The van der Waals surface area contributed by atoms with Crippen molar-refractivity contribution in [2.45, 2.75) is 26.7 Å². The first-order valence-corrected chi connectivity index (χ1v) is 5.45. The van der Waals surface area contributed by atoms with Crippen molar-refractivity contribution in [3.63, 3.8) is 0 Å². The number of nitrogens with zero attached hydrogens (tertiary/aromatic N) is 1. The van der Waals surface area contributed by atoms with Crippen molar-refractivity contribution < 1.29 is 14.7 Å². The molecule has 1 rings (SSSR count). The molecule has 1 amide bonds. The van der Waals surface area contributed by atoms with Gasteiger partial charge in [-0.25, -0.2) is 4.79 Å². The fourth-order valence-electron chi connectivity index (χ4n) is 1.55. The Morgan fingerprint density at radius 2 is 2.06 bits per heavy atom.